The fourth-order valence-corrected chi connectivity index (χ4v) is 5.77. The first-order chi connectivity index (χ1) is 16.6. The number of aryl methyl sites for hydroxylation is 2. The Labute approximate surface area is 206 Å². The Morgan fingerprint density at radius 3 is 1.94 bits per heavy atom. The molecule has 1 aliphatic rings. The van der Waals surface area contributed by atoms with Crippen molar-refractivity contribution in [2.45, 2.75) is 30.6 Å². The van der Waals surface area contributed by atoms with Crippen LogP contribution in [0.3, 0.4) is 0 Å². The van der Waals surface area contributed by atoms with Crippen LogP contribution in [0.1, 0.15) is 48.5 Å². The molecule has 1 aliphatic carbocycles. The SMILES string of the molecule is Cc1cc(C)c(Nc2cc(S(=O)(=O)O)c(N)c3c2C(=O)c2c(cccc2S(=O)(=O)O)C3=O)c(C)c1N. The van der Waals surface area contributed by atoms with Crippen molar-refractivity contribution < 1.29 is 35.5 Å². The summed E-state index contributed by atoms with van der Waals surface area (Å²) in [5.41, 5.74) is 12.0. The number of carbonyl (C=O) groups excluding carboxylic acids is 2. The molecule has 13 heteroatoms. The van der Waals surface area contributed by atoms with Gasteiger partial charge in [-0.25, -0.2) is 0 Å². The molecule has 4 rings (SSSR count). The van der Waals surface area contributed by atoms with Gasteiger partial charge in [0.05, 0.1) is 28.1 Å². The van der Waals surface area contributed by atoms with E-state index >= 15 is 0 Å². The zero-order valence-corrected chi connectivity index (χ0v) is 20.8. The first-order valence-electron chi connectivity index (χ1n) is 10.3. The summed E-state index contributed by atoms with van der Waals surface area (Å²) < 4.78 is 67.7. The zero-order valence-electron chi connectivity index (χ0n) is 19.2. The molecule has 0 radical (unpaired) electrons. The van der Waals surface area contributed by atoms with Crippen LogP contribution >= 0.6 is 0 Å². The summed E-state index contributed by atoms with van der Waals surface area (Å²) in [6.07, 6.45) is 0. The molecule has 0 atom stereocenters. The van der Waals surface area contributed by atoms with Crippen molar-refractivity contribution in [2.75, 3.05) is 16.8 Å². The van der Waals surface area contributed by atoms with E-state index in [9.17, 15) is 35.5 Å². The molecule has 0 aromatic heterocycles. The van der Waals surface area contributed by atoms with Gasteiger partial charge in [-0.05, 0) is 49.6 Å². The molecule has 0 saturated carbocycles. The van der Waals surface area contributed by atoms with Gasteiger partial charge in [-0.3, -0.25) is 18.7 Å². The molecule has 0 spiro atoms. The Morgan fingerprint density at radius 2 is 1.36 bits per heavy atom. The van der Waals surface area contributed by atoms with Crippen LogP contribution in [-0.2, 0) is 20.2 Å². The van der Waals surface area contributed by atoms with Crippen molar-refractivity contribution >= 4 is 54.6 Å². The molecule has 0 saturated heterocycles. The number of ketones is 2. The second-order valence-corrected chi connectivity index (χ2v) is 11.2. The maximum absolute atomic E-state index is 13.7. The molecule has 3 aromatic rings. The molecule has 3 aromatic carbocycles. The van der Waals surface area contributed by atoms with E-state index < -0.39 is 69.5 Å². The van der Waals surface area contributed by atoms with Gasteiger partial charge < -0.3 is 16.8 Å². The number of nitrogens with two attached hydrogens (primary N) is 2. The minimum absolute atomic E-state index is 0.240. The largest absolute Gasteiger partial charge is 0.398 e. The summed E-state index contributed by atoms with van der Waals surface area (Å²) in [6, 6.07) is 5.88. The smallest absolute Gasteiger partial charge is 0.296 e. The van der Waals surface area contributed by atoms with Crippen LogP contribution in [0.2, 0.25) is 0 Å². The number of rotatable bonds is 4. The molecular formula is C23H21N3O8S2. The second kappa shape index (κ2) is 8.13. The second-order valence-electron chi connectivity index (χ2n) is 8.42. The molecule has 0 unspecified atom stereocenters. The van der Waals surface area contributed by atoms with E-state index in [1.165, 1.54) is 0 Å². The van der Waals surface area contributed by atoms with Gasteiger partial charge in [0.15, 0.2) is 11.6 Å². The summed E-state index contributed by atoms with van der Waals surface area (Å²) in [4.78, 5) is 25.5. The van der Waals surface area contributed by atoms with Gasteiger partial charge in [-0.15, -0.1) is 0 Å². The third-order valence-corrected chi connectivity index (χ3v) is 7.92. The Hall–Kier alpha value is -3.78. The highest BCUT2D eigenvalue weighted by Gasteiger charge is 2.39. The molecule has 0 heterocycles. The van der Waals surface area contributed by atoms with E-state index in [1.54, 1.807) is 26.8 Å². The van der Waals surface area contributed by atoms with Crippen molar-refractivity contribution in [1.29, 1.82) is 0 Å². The van der Waals surface area contributed by atoms with Crippen LogP contribution in [0.25, 0.3) is 0 Å². The highest BCUT2D eigenvalue weighted by atomic mass is 32.2. The summed E-state index contributed by atoms with van der Waals surface area (Å²) in [7, 11) is -9.87. The number of hydrogen-bond acceptors (Lipinski definition) is 9. The zero-order chi connectivity index (χ0) is 26.9. The van der Waals surface area contributed by atoms with E-state index in [2.05, 4.69) is 5.32 Å². The van der Waals surface area contributed by atoms with E-state index in [0.29, 0.717) is 22.5 Å². The Balaban J connectivity index is 2.12. The van der Waals surface area contributed by atoms with Crippen LogP contribution in [-0.4, -0.2) is 37.5 Å². The molecule has 188 valence electrons. The molecular weight excluding hydrogens is 510 g/mol. The molecule has 36 heavy (non-hydrogen) atoms. The van der Waals surface area contributed by atoms with Crippen molar-refractivity contribution in [3.05, 3.63) is 69.3 Å². The first kappa shape index (κ1) is 25.3. The standard InChI is InChI=1S/C23H21N3O8S2/c1-9-7-10(2)21(11(3)19(9)24)26-13-8-15(36(32,33)34)20(25)18-17(13)23(28)16-12(22(18)27)5-4-6-14(16)35(29,30)31/h4-8,26H,24-25H2,1-3H3,(H,29,30,31)(H,32,33,34). The lowest BCUT2D eigenvalue weighted by Crippen LogP contribution is -2.27. The summed E-state index contributed by atoms with van der Waals surface area (Å²) in [6.45, 7) is 5.20. The maximum Gasteiger partial charge on any atom is 0.296 e. The van der Waals surface area contributed by atoms with Crippen LogP contribution in [0.5, 0.6) is 0 Å². The van der Waals surface area contributed by atoms with E-state index in [1.807, 2.05) is 0 Å². The Bertz CT molecular complexity index is 1740. The molecule has 0 fully saturated rings. The van der Waals surface area contributed by atoms with Crippen molar-refractivity contribution in [3.8, 4) is 0 Å². The van der Waals surface area contributed by atoms with E-state index in [0.717, 1.165) is 29.8 Å². The molecule has 7 N–H and O–H groups in total. The summed E-state index contributed by atoms with van der Waals surface area (Å²) in [5.74, 6) is -1.97. The third-order valence-electron chi connectivity index (χ3n) is 6.13. The highest BCUT2D eigenvalue weighted by molar-refractivity contribution is 7.86. The van der Waals surface area contributed by atoms with E-state index in [-0.39, 0.29) is 5.69 Å². The molecule has 11 nitrogen and oxygen atoms in total. The number of hydrogen-bond donors (Lipinski definition) is 5. The number of benzene rings is 3. The lowest BCUT2D eigenvalue weighted by molar-refractivity contribution is 0.0977. The minimum atomic E-state index is -4.96. The summed E-state index contributed by atoms with van der Waals surface area (Å²) >= 11 is 0. The molecule has 0 bridgehead atoms. The normalized spacial score (nSPS) is 13.4. The van der Waals surface area contributed by atoms with E-state index in [4.69, 9.17) is 11.5 Å². The van der Waals surface area contributed by atoms with Gasteiger partial charge in [0.2, 0.25) is 0 Å². The van der Waals surface area contributed by atoms with Crippen LogP contribution in [0.4, 0.5) is 22.7 Å². The minimum Gasteiger partial charge on any atom is -0.398 e. The Morgan fingerprint density at radius 1 is 0.750 bits per heavy atom. The third kappa shape index (κ3) is 3.82. The van der Waals surface area contributed by atoms with Crippen LogP contribution in [0, 0.1) is 20.8 Å². The predicted molar refractivity (Wildman–Crippen MR) is 132 cm³/mol. The quantitative estimate of drug-likeness (QED) is 0.191. The monoisotopic (exact) mass is 531 g/mol. The number of nitrogens with one attached hydrogen (secondary N) is 1. The fourth-order valence-electron chi connectivity index (χ4n) is 4.41. The number of nitrogen functional groups attached to an aromatic ring is 2. The predicted octanol–water partition coefficient (Wildman–Crippen LogP) is 2.79. The van der Waals surface area contributed by atoms with Gasteiger partial charge in [-0.2, -0.15) is 16.8 Å². The lowest BCUT2D eigenvalue weighted by atomic mass is 9.82. The van der Waals surface area contributed by atoms with Crippen LogP contribution in [0.15, 0.2) is 40.1 Å². The average Bonchev–Trinajstić information content (AvgIpc) is 2.77. The number of carbonyl (C=O) groups is 2. The fraction of sp³-hybridized carbons (Fsp3) is 0.130. The topological polar surface area (TPSA) is 207 Å². The molecule has 0 amide bonds. The van der Waals surface area contributed by atoms with Crippen molar-refractivity contribution in [2.24, 2.45) is 0 Å². The van der Waals surface area contributed by atoms with Gasteiger partial charge in [0, 0.05) is 16.9 Å². The van der Waals surface area contributed by atoms with Crippen molar-refractivity contribution in [3.63, 3.8) is 0 Å². The van der Waals surface area contributed by atoms with Crippen molar-refractivity contribution in [1.82, 2.24) is 0 Å². The Kier molecular flexibility index (Phi) is 5.72. The summed E-state index contributed by atoms with van der Waals surface area (Å²) in [5, 5.41) is 2.92. The van der Waals surface area contributed by atoms with Gasteiger partial charge in [0.1, 0.15) is 9.79 Å². The van der Waals surface area contributed by atoms with Gasteiger partial charge in [0.25, 0.3) is 20.2 Å². The van der Waals surface area contributed by atoms with Gasteiger partial charge in [-0.1, -0.05) is 18.2 Å². The first-order valence-corrected chi connectivity index (χ1v) is 13.2. The maximum atomic E-state index is 13.7. The highest BCUT2D eigenvalue weighted by Crippen LogP contribution is 2.42. The number of anilines is 4. The van der Waals surface area contributed by atoms with Crippen LogP contribution < -0.4 is 16.8 Å². The lowest BCUT2D eigenvalue weighted by Gasteiger charge is -2.25. The molecule has 0 aliphatic heterocycles. The average molecular weight is 532 g/mol. The number of fused-ring (bicyclic) bond motifs is 2. The van der Waals surface area contributed by atoms with Gasteiger partial charge >= 0.3 is 0 Å².